The molecule has 0 saturated carbocycles. The Balaban J connectivity index is 0.682. The monoisotopic (exact) mass is 1110 g/mol. The van der Waals surface area contributed by atoms with E-state index in [1.165, 1.54) is 18.2 Å². The fraction of sp³-hybridized carbons (Fsp3) is 0.566. The SMILES string of the molecule is O=C1CCC(N2C(=O)c3cccc(NCCOCCOCCOCCOCCOCCOCCOCCOCCOCCOCCOCCOCCOC(=O)c4ccccc4Nc4cccc(C(F)(F)F)c4)c3C2=O)C(=O)N1. The molecule has 4 amide bonds. The Labute approximate surface area is 450 Å². The van der Waals surface area contributed by atoms with Crippen LogP contribution in [-0.4, -0.2) is 212 Å². The van der Waals surface area contributed by atoms with Crippen LogP contribution in [0.25, 0.3) is 0 Å². The van der Waals surface area contributed by atoms with Crippen molar-refractivity contribution in [2.75, 3.05) is 182 Å². The number of nitrogens with zero attached hydrogens (tertiary/aromatic N) is 1. The van der Waals surface area contributed by atoms with Crippen LogP contribution >= 0.6 is 0 Å². The number of rotatable bonds is 44. The molecule has 3 aromatic carbocycles. The van der Waals surface area contributed by atoms with E-state index in [1.54, 1.807) is 36.4 Å². The van der Waals surface area contributed by atoms with Gasteiger partial charge in [-0.15, -0.1) is 0 Å². The first-order valence-electron chi connectivity index (χ1n) is 25.8. The molecule has 2 aliphatic rings. The Morgan fingerprint density at radius 3 is 1.44 bits per heavy atom. The molecule has 2 aliphatic heterocycles. The lowest BCUT2D eigenvalue weighted by atomic mass is 10.0. The Morgan fingerprint density at radius 1 is 0.526 bits per heavy atom. The van der Waals surface area contributed by atoms with Gasteiger partial charge in [-0.3, -0.25) is 29.4 Å². The molecule has 25 heteroatoms. The molecule has 3 N–H and O–H groups in total. The minimum absolute atomic E-state index is 0.0174. The fourth-order valence-electron chi connectivity index (χ4n) is 7.41. The lowest BCUT2D eigenvalue weighted by Gasteiger charge is -2.27. The lowest BCUT2D eigenvalue weighted by Crippen LogP contribution is -2.54. The van der Waals surface area contributed by atoms with Crippen molar-refractivity contribution >= 4 is 46.7 Å². The van der Waals surface area contributed by atoms with Crippen molar-refractivity contribution in [1.29, 1.82) is 0 Å². The molecule has 0 aromatic heterocycles. The van der Waals surface area contributed by atoms with Crippen LogP contribution in [0.2, 0.25) is 0 Å². The smallest absolute Gasteiger partial charge is 0.416 e. The quantitative estimate of drug-likeness (QED) is 0.0406. The summed E-state index contributed by atoms with van der Waals surface area (Å²) in [5, 5.41) is 8.18. The van der Waals surface area contributed by atoms with Gasteiger partial charge in [0.05, 0.1) is 187 Å². The second-order valence-electron chi connectivity index (χ2n) is 16.8. The number of benzene rings is 3. The van der Waals surface area contributed by atoms with Gasteiger partial charge in [0, 0.05) is 24.3 Å². The number of amides is 4. The average Bonchev–Trinajstić information content (AvgIpc) is 3.75. The van der Waals surface area contributed by atoms with Gasteiger partial charge in [-0.2, -0.15) is 13.2 Å². The molecule has 1 atom stereocenters. The predicted molar refractivity (Wildman–Crippen MR) is 273 cm³/mol. The van der Waals surface area contributed by atoms with Gasteiger partial charge >= 0.3 is 12.1 Å². The van der Waals surface area contributed by atoms with Gasteiger partial charge in [-0.05, 0) is 48.9 Å². The molecule has 2 heterocycles. The first kappa shape index (κ1) is 63.2. The average molecular weight is 1110 g/mol. The molecular formula is C53H71F3N4O18. The third-order valence-electron chi connectivity index (χ3n) is 11.2. The van der Waals surface area contributed by atoms with Crippen molar-refractivity contribution in [2.45, 2.75) is 25.1 Å². The van der Waals surface area contributed by atoms with Crippen molar-refractivity contribution in [1.82, 2.24) is 10.2 Å². The summed E-state index contributed by atoms with van der Waals surface area (Å²) in [6.45, 7) is 9.67. The highest BCUT2D eigenvalue weighted by molar-refractivity contribution is 6.25. The van der Waals surface area contributed by atoms with Gasteiger partial charge in [0.1, 0.15) is 12.6 Å². The molecule has 0 radical (unpaired) electrons. The largest absolute Gasteiger partial charge is 0.460 e. The summed E-state index contributed by atoms with van der Waals surface area (Å²) in [7, 11) is 0. The highest BCUT2D eigenvalue weighted by Gasteiger charge is 2.45. The van der Waals surface area contributed by atoms with Crippen LogP contribution in [0.4, 0.5) is 30.2 Å². The second-order valence-corrected chi connectivity index (χ2v) is 16.8. The van der Waals surface area contributed by atoms with E-state index in [9.17, 15) is 37.1 Å². The lowest BCUT2D eigenvalue weighted by molar-refractivity contribution is -0.138. The van der Waals surface area contributed by atoms with E-state index < -0.39 is 47.4 Å². The topological polar surface area (TPSA) is 245 Å². The summed E-state index contributed by atoms with van der Waals surface area (Å²) in [6, 6.07) is 14.9. The molecule has 0 spiro atoms. The number of fused-ring (bicyclic) bond motifs is 1. The van der Waals surface area contributed by atoms with Crippen LogP contribution in [0, 0.1) is 0 Å². The Hall–Kier alpha value is -5.68. The van der Waals surface area contributed by atoms with Gasteiger partial charge in [0.25, 0.3) is 11.8 Å². The van der Waals surface area contributed by atoms with Crippen molar-refractivity contribution < 1.29 is 98.7 Å². The summed E-state index contributed by atoms with van der Waals surface area (Å²) in [6.07, 6.45) is -4.35. The minimum Gasteiger partial charge on any atom is -0.460 e. The van der Waals surface area contributed by atoms with E-state index >= 15 is 0 Å². The maximum absolute atomic E-state index is 13.2. The Bertz CT molecular complexity index is 2260. The van der Waals surface area contributed by atoms with E-state index in [1.807, 2.05) is 0 Å². The van der Waals surface area contributed by atoms with Crippen molar-refractivity contribution in [3.05, 3.63) is 89.0 Å². The van der Waals surface area contributed by atoms with Crippen molar-refractivity contribution in [3.8, 4) is 0 Å². The van der Waals surface area contributed by atoms with E-state index in [0.717, 1.165) is 17.0 Å². The number of esters is 1. The molecule has 0 bridgehead atoms. The number of hydrogen-bond acceptors (Lipinski definition) is 20. The van der Waals surface area contributed by atoms with E-state index in [0.29, 0.717) is 163 Å². The van der Waals surface area contributed by atoms with E-state index in [4.69, 9.17) is 61.6 Å². The Kier molecular flexibility index (Phi) is 30.1. The number of ether oxygens (including phenoxy) is 13. The number of para-hydroxylation sites is 1. The highest BCUT2D eigenvalue weighted by Crippen LogP contribution is 2.33. The maximum Gasteiger partial charge on any atom is 0.416 e. The van der Waals surface area contributed by atoms with Gasteiger partial charge in [-0.1, -0.05) is 24.3 Å². The normalized spacial score (nSPS) is 14.5. The van der Waals surface area contributed by atoms with Crippen LogP contribution in [0.3, 0.4) is 0 Å². The van der Waals surface area contributed by atoms with Crippen LogP contribution in [0.5, 0.6) is 0 Å². The first-order chi connectivity index (χ1) is 38.0. The fourth-order valence-corrected chi connectivity index (χ4v) is 7.41. The number of hydrogen-bond donors (Lipinski definition) is 3. The van der Waals surface area contributed by atoms with Crippen LogP contribution in [0.1, 0.15) is 49.5 Å². The number of imide groups is 2. The summed E-state index contributed by atoms with van der Waals surface area (Å²) >= 11 is 0. The van der Waals surface area contributed by atoms with Gasteiger partial charge in [0.2, 0.25) is 11.8 Å². The predicted octanol–water partition coefficient (Wildman–Crippen LogP) is 4.32. The number of carbonyl (C=O) groups excluding carboxylic acids is 5. The van der Waals surface area contributed by atoms with Gasteiger partial charge in [-0.25, -0.2) is 4.79 Å². The standard InChI is InChI=1S/C53H71F3N4O18/c54-53(55,56)40-5-3-6-41(39-40)58-44-9-2-1-7-42(44)52(65)78-38-37-77-36-35-76-34-33-75-32-31-74-30-29-73-28-27-72-26-25-71-24-23-70-22-21-69-20-19-68-18-17-67-16-15-66-14-13-57-45-10-4-8-43-48(45)51(64)60(50(43)63)46-11-12-47(61)59-49(46)62/h1-10,39,46,57-58H,11-38H2,(H,59,61,62). The van der Waals surface area contributed by atoms with Crippen LogP contribution in [-0.2, 0) is 77.3 Å². The molecule has 22 nitrogen and oxygen atoms in total. The molecule has 1 saturated heterocycles. The maximum atomic E-state index is 13.2. The van der Waals surface area contributed by atoms with Crippen LogP contribution in [0.15, 0.2) is 66.7 Å². The first-order valence-corrected chi connectivity index (χ1v) is 25.8. The summed E-state index contributed by atoms with van der Waals surface area (Å²) in [5.74, 6) is -2.85. The highest BCUT2D eigenvalue weighted by atomic mass is 19.4. The number of nitrogens with one attached hydrogen (secondary N) is 3. The van der Waals surface area contributed by atoms with Crippen molar-refractivity contribution in [3.63, 3.8) is 0 Å². The number of carbonyl (C=O) groups is 5. The molecular weight excluding hydrogens is 1040 g/mol. The summed E-state index contributed by atoms with van der Waals surface area (Å²) < 4.78 is 111. The molecule has 432 valence electrons. The minimum atomic E-state index is -4.49. The molecule has 78 heavy (non-hydrogen) atoms. The number of alkyl halides is 3. The van der Waals surface area contributed by atoms with Gasteiger partial charge < -0.3 is 72.2 Å². The zero-order chi connectivity index (χ0) is 55.5. The number of anilines is 3. The summed E-state index contributed by atoms with van der Waals surface area (Å²) in [5.41, 5.74) is 0.735. The molecule has 0 aliphatic carbocycles. The molecule has 1 fully saturated rings. The van der Waals surface area contributed by atoms with Gasteiger partial charge in [0.15, 0.2) is 0 Å². The number of halogens is 3. The third kappa shape index (κ3) is 23.7. The molecule has 1 unspecified atom stereocenters. The van der Waals surface area contributed by atoms with E-state index in [2.05, 4.69) is 16.0 Å². The molecule has 3 aromatic rings. The van der Waals surface area contributed by atoms with Crippen LogP contribution < -0.4 is 16.0 Å². The zero-order valence-electron chi connectivity index (χ0n) is 43.7. The Morgan fingerprint density at radius 2 is 0.962 bits per heavy atom. The molecule has 5 rings (SSSR count). The summed E-state index contributed by atoms with van der Waals surface area (Å²) in [4.78, 5) is 63.6. The van der Waals surface area contributed by atoms with E-state index in [-0.39, 0.29) is 55.0 Å². The second kappa shape index (κ2) is 37.2. The third-order valence-corrected chi connectivity index (χ3v) is 11.2. The zero-order valence-corrected chi connectivity index (χ0v) is 43.7. The number of piperidine rings is 1. The van der Waals surface area contributed by atoms with Crippen molar-refractivity contribution in [2.24, 2.45) is 0 Å².